The molecule has 9 nitrogen and oxygen atoms in total. The smallest absolute Gasteiger partial charge is 0.475 e. The zero-order chi connectivity index (χ0) is 21.9. The van der Waals surface area contributed by atoms with Gasteiger partial charge in [-0.1, -0.05) is 0 Å². The van der Waals surface area contributed by atoms with Crippen LogP contribution >= 0.6 is 0 Å². The summed E-state index contributed by atoms with van der Waals surface area (Å²) in [6, 6.07) is 3.87. The first kappa shape index (κ1) is 21.8. The lowest BCUT2D eigenvalue weighted by Crippen LogP contribution is -2.41. The van der Waals surface area contributed by atoms with Crippen molar-refractivity contribution < 1.29 is 37.0 Å². The standard InChI is InChI=1S/C16H20N4O3.C2HF3O2/c1-18-14-11-19(9-12-3-2-6-23-12)10-13(14)15(17-18)16(21)20-4-7-22-8-5-20;3-2(4,5)1(6)7/h2-3,6H,4-5,7-11H2,1H3;(H,6,7). The number of halogens is 3. The molecule has 1 amide bonds. The average molecular weight is 430 g/mol. The lowest BCUT2D eigenvalue weighted by atomic mass is 10.2. The summed E-state index contributed by atoms with van der Waals surface area (Å²) in [5.41, 5.74) is 2.76. The van der Waals surface area contributed by atoms with Crippen molar-refractivity contribution in [2.45, 2.75) is 25.8 Å². The fourth-order valence-electron chi connectivity index (χ4n) is 3.28. The molecule has 1 saturated heterocycles. The number of morpholine rings is 1. The van der Waals surface area contributed by atoms with Crippen LogP contribution in [0.15, 0.2) is 22.8 Å². The van der Waals surface area contributed by atoms with Gasteiger partial charge in [-0.25, -0.2) is 4.79 Å². The van der Waals surface area contributed by atoms with E-state index in [1.165, 1.54) is 0 Å². The predicted molar refractivity (Wildman–Crippen MR) is 95.3 cm³/mol. The number of nitrogens with zero attached hydrogens (tertiary/aromatic N) is 4. The zero-order valence-electron chi connectivity index (χ0n) is 16.2. The molecule has 30 heavy (non-hydrogen) atoms. The van der Waals surface area contributed by atoms with Gasteiger partial charge >= 0.3 is 12.1 Å². The minimum absolute atomic E-state index is 0.0185. The SMILES string of the molecule is Cn1nc(C(=O)N2CCOCC2)c2c1CN(Cc1ccco1)C2.O=C(O)C(F)(F)F. The number of carboxylic acids is 1. The second-order valence-corrected chi connectivity index (χ2v) is 6.83. The Morgan fingerprint density at radius 3 is 2.47 bits per heavy atom. The van der Waals surface area contributed by atoms with Gasteiger partial charge in [-0.05, 0) is 12.1 Å². The van der Waals surface area contributed by atoms with E-state index in [1.807, 2.05) is 28.8 Å². The molecule has 12 heteroatoms. The van der Waals surface area contributed by atoms with Crippen molar-refractivity contribution in [2.75, 3.05) is 26.3 Å². The maximum absolute atomic E-state index is 12.8. The number of aliphatic carboxylic acids is 1. The summed E-state index contributed by atoms with van der Waals surface area (Å²) < 4.78 is 44.3. The maximum atomic E-state index is 12.8. The number of carbonyl (C=O) groups is 2. The Balaban J connectivity index is 0.000000318. The van der Waals surface area contributed by atoms with Crippen molar-refractivity contribution in [1.29, 1.82) is 0 Å². The summed E-state index contributed by atoms with van der Waals surface area (Å²) in [6.07, 6.45) is -3.40. The van der Waals surface area contributed by atoms with E-state index in [9.17, 15) is 18.0 Å². The lowest BCUT2D eigenvalue weighted by molar-refractivity contribution is -0.192. The molecular formula is C18H21F3N4O5. The van der Waals surface area contributed by atoms with E-state index in [2.05, 4.69) is 10.00 Å². The van der Waals surface area contributed by atoms with Gasteiger partial charge in [0.1, 0.15) is 5.76 Å². The number of alkyl halides is 3. The molecule has 0 spiro atoms. The largest absolute Gasteiger partial charge is 0.490 e. The average Bonchev–Trinajstić information content (AvgIpc) is 3.41. The highest BCUT2D eigenvalue weighted by atomic mass is 19.4. The maximum Gasteiger partial charge on any atom is 0.490 e. The van der Waals surface area contributed by atoms with E-state index in [1.54, 1.807) is 6.26 Å². The Morgan fingerprint density at radius 1 is 1.23 bits per heavy atom. The Labute approximate surface area is 169 Å². The molecule has 1 fully saturated rings. The van der Waals surface area contributed by atoms with Crippen LogP contribution in [0, 0.1) is 0 Å². The Hall–Kier alpha value is -2.86. The second kappa shape index (κ2) is 8.88. The van der Waals surface area contributed by atoms with Gasteiger partial charge in [0, 0.05) is 38.8 Å². The van der Waals surface area contributed by atoms with Gasteiger partial charge in [-0.3, -0.25) is 14.4 Å². The number of furan rings is 1. The fourth-order valence-corrected chi connectivity index (χ4v) is 3.28. The molecular weight excluding hydrogens is 409 g/mol. The first-order valence-corrected chi connectivity index (χ1v) is 9.13. The van der Waals surface area contributed by atoms with Crippen LogP contribution in [-0.2, 0) is 36.2 Å². The van der Waals surface area contributed by atoms with Crippen LogP contribution in [0.2, 0.25) is 0 Å². The molecule has 0 radical (unpaired) electrons. The van der Waals surface area contributed by atoms with Gasteiger partial charge in [0.25, 0.3) is 5.91 Å². The van der Waals surface area contributed by atoms with Gasteiger partial charge in [-0.2, -0.15) is 18.3 Å². The first-order chi connectivity index (χ1) is 14.2. The highest BCUT2D eigenvalue weighted by Crippen LogP contribution is 2.28. The molecule has 0 saturated carbocycles. The summed E-state index contributed by atoms with van der Waals surface area (Å²) in [6.45, 7) is 4.75. The molecule has 2 aliphatic heterocycles. The van der Waals surface area contributed by atoms with Crippen LogP contribution in [0.1, 0.15) is 27.5 Å². The van der Waals surface area contributed by atoms with Gasteiger partial charge in [0.2, 0.25) is 0 Å². The molecule has 4 rings (SSSR count). The van der Waals surface area contributed by atoms with Crippen LogP contribution in [-0.4, -0.2) is 69.0 Å². The normalized spacial score (nSPS) is 16.7. The minimum Gasteiger partial charge on any atom is -0.475 e. The van der Waals surface area contributed by atoms with Crippen LogP contribution in [0.5, 0.6) is 0 Å². The third kappa shape index (κ3) is 5.00. The predicted octanol–water partition coefficient (Wildman–Crippen LogP) is 1.63. The minimum atomic E-state index is -5.08. The number of hydrogen-bond donors (Lipinski definition) is 1. The number of ether oxygens (including phenoxy) is 1. The Bertz CT molecular complexity index is 889. The van der Waals surface area contributed by atoms with E-state index >= 15 is 0 Å². The molecule has 2 aromatic heterocycles. The van der Waals surface area contributed by atoms with Gasteiger partial charge in [-0.15, -0.1) is 0 Å². The highest BCUT2D eigenvalue weighted by molar-refractivity contribution is 5.94. The molecule has 1 N–H and O–H groups in total. The molecule has 164 valence electrons. The molecule has 4 heterocycles. The number of hydrogen-bond acceptors (Lipinski definition) is 6. The molecule has 2 aromatic rings. The number of carbonyl (C=O) groups excluding carboxylic acids is 1. The summed E-state index contributed by atoms with van der Waals surface area (Å²) >= 11 is 0. The molecule has 0 atom stereocenters. The van der Waals surface area contributed by atoms with Gasteiger partial charge in [0.15, 0.2) is 5.69 Å². The molecule has 0 bridgehead atoms. The zero-order valence-corrected chi connectivity index (χ0v) is 16.2. The van der Waals surface area contributed by atoms with Crippen LogP contribution in [0.25, 0.3) is 0 Å². The number of aryl methyl sites for hydroxylation is 1. The van der Waals surface area contributed by atoms with Crippen molar-refractivity contribution in [2.24, 2.45) is 7.05 Å². The van der Waals surface area contributed by atoms with E-state index in [0.29, 0.717) is 32.0 Å². The first-order valence-electron chi connectivity index (χ1n) is 9.13. The quantitative estimate of drug-likeness (QED) is 0.790. The number of rotatable bonds is 3. The number of amides is 1. The fraction of sp³-hybridized carbons (Fsp3) is 0.500. The highest BCUT2D eigenvalue weighted by Gasteiger charge is 2.38. The van der Waals surface area contributed by atoms with Crippen LogP contribution in [0.4, 0.5) is 13.2 Å². The van der Waals surface area contributed by atoms with E-state index in [-0.39, 0.29) is 5.91 Å². The molecule has 0 aliphatic carbocycles. The van der Waals surface area contributed by atoms with Gasteiger partial charge in [0.05, 0.1) is 31.7 Å². The van der Waals surface area contributed by atoms with Crippen molar-refractivity contribution >= 4 is 11.9 Å². The summed E-state index contributed by atoms with van der Waals surface area (Å²) in [5, 5.41) is 11.6. The van der Waals surface area contributed by atoms with E-state index in [0.717, 1.165) is 36.7 Å². The Morgan fingerprint density at radius 2 is 1.90 bits per heavy atom. The van der Waals surface area contributed by atoms with Gasteiger partial charge < -0.3 is 19.2 Å². The summed E-state index contributed by atoms with van der Waals surface area (Å²) in [4.78, 5) is 25.7. The Kier molecular flexibility index (Phi) is 6.46. The second-order valence-electron chi connectivity index (χ2n) is 6.83. The number of fused-ring (bicyclic) bond motifs is 1. The summed E-state index contributed by atoms with van der Waals surface area (Å²) in [7, 11) is 1.91. The van der Waals surface area contributed by atoms with Crippen LogP contribution in [0.3, 0.4) is 0 Å². The monoisotopic (exact) mass is 430 g/mol. The van der Waals surface area contributed by atoms with Crippen molar-refractivity contribution in [3.05, 3.63) is 41.1 Å². The molecule has 0 unspecified atom stereocenters. The lowest BCUT2D eigenvalue weighted by Gasteiger charge is -2.26. The van der Waals surface area contributed by atoms with E-state index in [4.69, 9.17) is 19.1 Å². The van der Waals surface area contributed by atoms with Crippen molar-refractivity contribution in [1.82, 2.24) is 19.6 Å². The summed E-state index contributed by atoms with van der Waals surface area (Å²) in [5.74, 6) is -1.80. The topological polar surface area (TPSA) is 101 Å². The third-order valence-corrected chi connectivity index (χ3v) is 4.73. The van der Waals surface area contributed by atoms with Crippen LogP contribution < -0.4 is 0 Å². The van der Waals surface area contributed by atoms with Crippen molar-refractivity contribution in [3.63, 3.8) is 0 Å². The number of aromatic nitrogens is 2. The van der Waals surface area contributed by atoms with E-state index < -0.39 is 12.1 Å². The van der Waals surface area contributed by atoms with Crippen molar-refractivity contribution in [3.8, 4) is 0 Å². The molecule has 2 aliphatic rings. The number of carboxylic acid groups (broad SMARTS) is 1. The third-order valence-electron chi connectivity index (χ3n) is 4.73. The molecule has 0 aromatic carbocycles.